The molecule has 2 aromatic rings. The zero-order valence-electron chi connectivity index (χ0n) is 18.1. The van der Waals surface area contributed by atoms with E-state index in [1.165, 1.54) is 12.1 Å². The van der Waals surface area contributed by atoms with Gasteiger partial charge in [0.05, 0.1) is 30.3 Å². The van der Waals surface area contributed by atoms with Gasteiger partial charge >= 0.3 is 6.09 Å². The molecule has 1 amide bonds. The number of rotatable bonds is 4. The molecule has 1 fully saturated rings. The van der Waals surface area contributed by atoms with Gasteiger partial charge in [0.15, 0.2) is 5.78 Å². The van der Waals surface area contributed by atoms with Gasteiger partial charge in [-0.05, 0) is 63.4 Å². The van der Waals surface area contributed by atoms with Crippen molar-refractivity contribution in [3.05, 3.63) is 59.2 Å². The summed E-state index contributed by atoms with van der Waals surface area (Å²) in [6, 6.07) is 9.63. The number of hydrogen-bond donors (Lipinski definition) is 0. The Hall–Kier alpha value is -2.80. The molecule has 3 heterocycles. The lowest BCUT2D eigenvalue weighted by molar-refractivity contribution is -0.142. The third-order valence-corrected chi connectivity index (χ3v) is 5.65. The van der Waals surface area contributed by atoms with Crippen molar-refractivity contribution >= 4 is 17.6 Å². The highest BCUT2D eigenvalue weighted by Crippen LogP contribution is 2.36. The molecule has 0 aliphatic carbocycles. The smallest absolute Gasteiger partial charge is 0.414 e. The topological polar surface area (TPSA) is 68.7 Å². The monoisotopic (exact) mass is 426 g/mol. The Morgan fingerprint density at radius 3 is 2.48 bits per heavy atom. The lowest BCUT2D eigenvalue weighted by atomic mass is 9.75. The summed E-state index contributed by atoms with van der Waals surface area (Å²) in [5.74, 6) is -0.332. The Bertz CT molecular complexity index is 994. The first-order valence-electron chi connectivity index (χ1n) is 10.5. The number of Topliss-reactive ketones (excluding diaryl/α,β-unsaturated/α-hetero) is 1. The van der Waals surface area contributed by atoms with Crippen molar-refractivity contribution in [1.82, 2.24) is 4.98 Å². The number of ketones is 1. The molecule has 0 atom stereocenters. The van der Waals surface area contributed by atoms with Crippen molar-refractivity contribution < 1.29 is 23.5 Å². The maximum atomic E-state index is 13.2. The molecule has 164 valence electrons. The number of nitrogens with zero attached hydrogens (tertiary/aromatic N) is 2. The Morgan fingerprint density at radius 2 is 1.87 bits per heavy atom. The molecular formula is C24H27FN2O4. The Balaban J connectivity index is 1.59. The molecule has 7 heteroatoms. The van der Waals surface area contributed by atoms with Crippen molar-refractivity contribution in [2.45, 2.75) is 51.0 Å². The Labute approximate surface area is 181 Å². The SMILES string of the molecule is CC(C)(C)OC(=O)N1CCCc2nc(C3(C(=O)Cc4ccc(F)cc4)COC3)ccc21. The van der Waals surface area contributed by atoms with Gasteiger partial charge in [0.25, 0.3) is 0 Å². The van der Waals surface area contributed by atoms with Gasteiger partial charge < -0.3 is 9.47 Å². The summed E-state index contributed by atoms with van der Waals surface area (Å²) in [4.78, 5) is 32.3. The lowest BCUT2D eigenvalue weighted by Crippen LogP contribution is -2.54. The first-order chi connectivity index (χ1) is 14.7. The van der Waals surface area contributed by atoms with Gasteiger partial charge in [0, 0.05) is 13.0 Å². The van der Waals surface area contributed by atoms with Crippen LogP contribution in [0.15, 0.2) is 36.4 Å². The van der Waals surface area contributed by atoms with Crippen LogP contribution in [0.2, 0.25) is 0 Å². The van der Waals surface area contributed by atoms with Crippen LogP contribution in [0.3, 0.4) is 0 Å². The number of hydrogen-bond acceptors (Lipinski definition) is 5. The van der Waals surface area contributed by atoms with Crippen molar-refractivity contribution in [3.63, 3.8) is 0 Å². The van der Waals surface area contributed by atoms with Gasteiger partial charge in [0.2, 0.25) is 0 Å². The van der Waals surface area contributed by atoms with E-state index >= 15 is 0 Å². The number of aryl methyl sites for hydroxylation is 1. The summed E-state index contributed by atoms with van der Waals surface area (Å²) in [6.07, 6.45) is 1.30. The van der Waals surface area contributed by atoms with E-state index in [0.717, 1.165) is 29.8 Å². The number of halogens is 1. The molecule has 0 bridgehead atoms. The van der Waals surface area contributed by atoms with E-state index in [-0.39, 0.29) is 31.2 Å². The molecule has 0 spiro atoms. The van der Waals surface area contributed by atoms with E-state index in [1.54, 1.807) is 17.0 Å². The largest absolute Gasteiger partial charge is 0.443 e. The molecule has 2 aliphatic heterocycles. The number of benzene rings is 1. The van der Waals surface area contributed by atoms with Crippen LogP contribution >= 0.6 is 0 Å². The maximum Gasteiger partial charge on any atom is 0.414 e. The second kappa shape index (κ2) is 8.04. The van der Waals surface area contributed by atoms with E-state index in [2.05, 4.69) is 0 Å². The lowest BCUT2D eigenvalue weighted by Gasteiger charge is -2.40. The number of anilines is 1. The molecule has 6 nitrogen and oxygen atoms in total. The fourth-order valence-corrected chi connectivity index (χ4v) is 3.94. The van der Waals surface area contributed by atoms with E-state index in [1.807, 2.05) is 32.9 Å². The Morgan fingerprint density at radius 1 is 1.16 bits per heavy atom. The second-order valence-corrected chi connectivity index (χ2v) is 9.20. The number of carbonyl (C=O) groups is 2. The predicted molar refractivity (Wildman–Crippen MR) is 114 cm³/mol. The van der Waals surface area contributed by atoms with Crippen molar-refractivity contribution in [2.24, 2.45) is 0 Å². The van der Waals surface area contributed by atoms with Gasteiger partial charge in [-0.3, -0.25) is 14.7 Å². The first-order valence-corrected chi connectivity index (χ1v) is 10.5. The number of fused-ring (bicyclic) bond motifs is 1. The number of pyridine rings is 1. The molecule has 0 unspecified atom stereocenters. The van der Waals surface area contributed by atoms with Gasteiger partial charge in [0.1, 0.15) is 16.8 Å². The van der Waals surface area contributed by atoms with Gasteiger partial charge in [-0.2, -0.15) is 0 Å². The summed E-state index contributed by atoms with van der Waals surface area (Å²) in [6.45, 7) is 6.63. The van der Waals surface area contributed by atoms with E-state index < -0.39 is 17.1 Å². The zero-order chi connectivity index (χ0) is 22.2. The quantitative estimate of drug-likeness (QED) is 0.740. The van der Waals surface area contributed by atoms with Crippen LogP contribution in [-0.2, 0) is 32.5 Å². The van der Waals surface area contributed by atoms with E-state index in [0.29, 0.717) is 12.2 Å². The highest BCUT2D eigenvalue weighted by atomic mass is 19.1. The predicted octanol–water partition coefficient (Wildman–Crippen LogP) is 3.99. The highest BCUT2D eigenvalue weighted by molar-refractivity contribution is 5.93. The summed E-state index contributed by atoms with van der Waals surface area (Å²) < 4.78 is 24.1. The second-order valence-electron chi connectivity index (χ2n) is 9.20. The fourth-order valence-electron chi connectivity index (χ4n) is 3.94. The first kappa shape index (κ1) is 21.4. The fraction of sp³-hybridized carbons (Fsp3) is 0.458. The summed E-state index contributed by atoms with van der Waals surface area (Å²) in [7, 11) is 0. The van der Waals surface area contributed by atoms with Crippen LogP contribution in [0.5, 0.6) is 0 Å². The average molecular weight is 426 g/mol. The van der Waals surface area contributed by atoms with Crippen LogP contribution in [0.1, 0.15) is 44.1 Å². The van der Waals surface area contributed by atoms with Crippen LogP contribution < -0.4 is 4.90 Å². The minimum Gasteiger partial charge on any atom is -0.443 e. The third-order valence-electron chi connectivity index (χ3n) is 5.65. The molecule has 0 N–H and O–H groups in total. The van der Waals surface area contributed by atoms with Crippen LogP contribution in [-0.4, -0.2) is 42.2 Å². The molecule has 0 saturated carbocycles. The van der Waals surface area contributed by atoms with Crippen LogP contribution in [0.25, 0.3) is 0 Å². The average Bonchev–Trinajstić information content (AvgIpc) is 2.67. The normalized spacial score (nSPS) is 17.5. The molecule has 2 aliphatic rings. The van der Waals surface area contributed by atoms with Gasteiger partial charge in [-0.25, -0.2) is 9.18 Å². The van der Waals surface area contributed by atoms with Crippen LogP contribution in [0, 0.1) is 5.82 Å². The molecule has 1 aromatic carbocycles. The third kappa shape index (κ3) is 4.32. The molecule has 31 heavy (non-hydrogen) atoms. The molecule has 0 radical (unpaired) electrons. The number of carbonyl (C=O) groups excluding carboxylic acids is 2. The van der Waals surface area contributed by atoms with Crippen molar-refractivity contribution in [3.8, 4) is 0 Å². The number of amides is 1. The minimum absolute atomic E-state index is 0.00221. The maximum absolute atomic E-state index is 13.2. The summed E-state index contributed by atoms with van der Waals surface area (Å²) in [5.41, 5.74) is 1.54. The van der Waals surface area contributed by atoms with E-state index in [9.17, 15) is 14.0 Å². The number of aromatic nitrogens is 1. The summed E-state index contributed by atoms with van der Waals surface area (Å²) in [5, 5.41) is 0. The van der Waals surface area contributed by atoms with E-state index in [4.69, 9.17) is 14.5 Å². The molecule has 1 saturated heterocycles. The molecule has 4 rings (SSSR count). The molecular weight excluding hydrogens is 399 g/mol. The van der Waals surface area contributed by atoms with Crippen LogP contribution in [0.4, 0.5) is 14.9 Å². The standard InChI is InChI=1S/C24H27FN2O4/c1-23(2,3)31-22(29)27-12-4-5-18-19(27)10-11-20(26-18)24(14-30-15-24)21(28)13-16-6-8-17(25)9-7-16/h6-11H,4-5,12-15H2,1-3H3. The summed E-state index contributed by atoms with van der Waals surface area (Å²) >= 11 is 0. The minimum atomic E-state index is -0.808. The highest BCUT2D eigenvalue weighted by Gasteiger charge is 2.48. The molecule has 1 aromatic heterocycles. The van der Waals surface area contributed by atoms with Gasteiger partial charge in [-0.15, -0.1) is 0 Å². The van der Waals surface area contributed by atoms with Gasteiger partial charge in [-0.1, -0.05) is 12.1 Å². The Kier molecular flexibility index (Phi) is 5.56. The van der Waals surface area contributed by atoms with Crippen molar-refractivity contribution in [2.75, 3.05) is 24.7 Å². The zero-order valence-corrected chi connectivity index (χ0v) is 18.1. The van der Waals surface area contributed by atoms with Crippen molar-refractivity contribution in [1.29, 1.82) is 0 Å². The number of ether oxygens (including phenoxy) is 2.